The second-order valence-corrected chi connectivity index (χ2v) is 18.1. The molecule has 0 aromatic heterocycles. The first-order valence-electron chi connectivity index (χ1n) is 22.7. The molecule has 68 heavy (non-hydrogen) atoms. The quantitative estimate of drug-likeness (QED) is 0.0379. The number of hydrogen-bond donors (Lipinski definition) is 0. The lowest BCUT2D eigenvalue weighted by Crippen LogP contribution is -2.43. The van der Waals surface area contributed by atoms with Crippen LogP contribution in [-0.4, -0.2) is 65.2 Å². The summed E-state index contributed by atoms with van der Waals surface area (Å²) in [7, 11) is 0. The fourth-order valence-electron chi connectivity index (χ4n) is 8.45. The maximum atomic E-state index is 14.0. The topological polar surface area (TPSA) is 108 Å². The van der Waals surface area contributed by atoms with Crippen molar-refractivity contribution in [3.05, 3.63) is 181 Å². The maximum absolute atomic E-state index is 14.0. The number of hydrogen-bond acceptors (Lipinski definition) is 10. The van der Waals surface area contributed by atoms with Crippen LogP contribution in [-0.2, 0) is 18.9 Å². The third-order valence-electron chi connectivity index (χ3n) is 12.4. The van der Waals surface area contributed by atoms with Gasteiger partial charge in [-0.2, -0.15) is 0 Å². The van der Waals surface area contributed by atoms with Gasteiger partial charge >= 0.3 is 11.9 Å². The van der Waals surface area contributed by atoms with Crippen LogP contribution >= 0.6 is 0 Å². The van der Waals surface area contributed by atoms with Crippen LogP contribution in [0.5, 0.6) is 23.0 Å². The summed E-state index contributed by atoms with van der Waals surface area (Å²) in [6, 6.07) is 53.3. The van der Waals surface area contributed by atoms with E-state index in [1.54, 1.807) is 36.4 Å². The minimum absolute atomic E-state index is 0.0601. The van der Waals surface area contributed by atoms with Crippen molar-refractivity contribution in [3.8, 4) is 56.4 Å². The van der Waals surface area contributed by atoms with Crippen LogP contribution in [0.2, 0.25) is 0 Å². The number of esters is 2. The van der Waals surface area contributed by atoms with Gasteiger partial charge in [0.1, 0.15) is 23.0 Å². The number of benzene rings is 8. The Morgan fingerprint density at radius 1 is 0.441 bits per heavy atom. The molecule has 0 saturated carbocycles. The molecule has 0 amide bonds. The molecule has 0 bridgehead atoms. The smallest absolute Gasteiger partial charge is 0.343 e. The van der Waals surface area contributed by atoms with Crippen molar-refractivity contribution in [3.63, 3.8) is 0 Å². The summed E-state index contributed by atoms with van der Waals surface area (Å²) in [6.07, 6.45) is 0. The van der Waals surface area contributed by atoms with Gasteiger partial charge in [0, 0.05) is 22.0 Å². The molecule has 0 unspecified atom stereocenters. The Morgan fingerprint density at radius 2 is 0.794 bits per heavy atom. The summed E-state index contributed by atoms with van der Waals surface area (Å²) in [5.74, 6) is 0.994. The van der Waals surface area contributed by atoms with E-state index in [-0.39, 0.29) is 24.4 Å². The van der Waals surface area contributed by atoms with E-state index in [4.69, 9.17) is 37.9 Å². The molecule has 0 atom stereocenters. The summed E-state index contributed by atoms with van der Waals surface area (Å²) in [6.45, 7) is 8.57. The van der Waals surface area contributed by atoms with Gasteiger partial charge in [-0.3, -0.25) is 0 Å². The van der Waals surface area contributed by atoms with Crippen molar-refractivity contribution >= 4 is 33.5 Å². The Labute approximate surface area is 394 Å². The molecule has 342 valence electrons. The van der Waals surface area contributed by atoms with E-state index in [0.717, 1.165) is 43.8 Å². The van der Waals surface area contributed by atoms with Gasteiger partial charge < -0.3 is 37.9 Å². The van der Waals surface area contributed by atoms with Gasteiger partial charge in [0.25, 0.3) is 0 Å². The van der Waals surface area contributed by atoms with Crippen LogP contribution in [0.15, 0.2) is 170 Å². The van der Waals surface area contributed by atoms with Gasteiger partial charge in [0.2, 0.25) is 0 Å². The van der Waals surface area contributed by atoms with Gasteiger partial charge in [-0.15, -0.1) is 0 Å². The molecular formula is C58H50O10. The molecule has 2 saturated heterocycles. The highest BCUT2D eigenvalue weighted by atomic mass is 16.7. The summed E-state index contributed by atoms with van der Waals surface area (Å²) in [5.41, 5.74) is 5.91. The highest BCUT2D eigenvalue weighted by Crippen LogP contribution is 2.46. The van der Waals surface area contributed by atoms with E-state index >= 15 is 0 Å². The van der Waals surface area contributed by atoms with Crippen molar-refractivity contribution in [2.75, 3.05) is 53.2 Å². The third kappa shape index (κ3) is 9.86. The molecule has 2 fully saturated rings. The fourth-order valence-corrected chi connectivity index (χ4v) is 8.45. The van der Waals surface area contributed by atoms with Crippen LogP contribution < -0.4 is 18.9 Å². The van der Waals surface area contributed by atoms with Crippen molar-refractivity contribution in [1.82, 2.24) is 0 Å². The summed E-state index contributed by atoms with van der Waals surface area (Å²) in [5, 5.41) is 3.51. The summed E-state index contributed by atoms with van der Waals surface area (Å²) >= 11 is 0. The molecule has 10 heteroatoms. The van der Waals surface area contributed by atoms with Crippen LogP contribution in [0, 0.1) is 10.8 Å². The maximum Gasteiger partial charge on any atom is 0.343 e. The first kappa shape index (κ1) is 44.5. The lowest BCUT2D eigenvalue weighted by Gasteiger charge is -2.37. The predicted octanol–water partition coefficient (Wildman–Crippen LogP) is 12.2. The van der Waals surface area contributed by atoms with Gasteiger partial charge in [-0.1, -0.05) is 123 Å². The lowest BCUT2D eigenvalue weighted by atomic mass is 9.90. The van der Waals surface area contributed by atoms with E-state index in [1.807, 2.05) is 133 Å². The summed E-state index contributed by atoms with van der Waals surface area (Å²) < 4.78 is 46.2. The molecule has 2 aliphatic rings. The molecule has 0 spiro atoms. The molecule has 2 aliphatic heterocycles. The SMILES string of the molecule is CC1(COCOc2ccc(-c3ccc(C(=O)Oc4ccc5ccccc5c4-c4c(OC(=O)c5ccc(-c6ccc(OCOCC7(C)COC7)cc6)cc5)ccc5ccccc45)cc3)cc2)COC1. The van der Waals surface area contributed by atoms with E-state index in [1.165, 1.54) is 0 Å². The van der Waals surface area contributed by atoms with E-state index in [9.17, 15) is 9.59 Å². The Balaban J connectivity index is 0.859. The minimum Gasteiger partial charge on any atom is -0.468 e. The Kier molecular flexibility index (Phi) is 12.7. The average Bonchev–Trinajstić information content (AvgIpc) is 3.36. The third-order valence-corrected chi connectivity index (χ3v) is 12.4. The minimum atomic E-state index is -0.529. The van der Waals surface area contributed by atoms with Crippen LogP contribution in [0.1, 0.15) is 34.6 Å². The zero-order chi connectivity index (χ0) is 46.5. The van der Waals surface area contributed by atoms with Crippen molar-refractivity contribution in [2.24, 2.45) is 10.8 Å². The number of rotatable bonds is 17. The van der Waals surface area contributed by atoms with Crippen LogP contribution in [0.4, 0.5) is 0 Å². The summed E-state index contributed by atoms with van der Waals surface area (Å²) in [4.78, 5) is 28.1. The van der Waals surface area contributed by atoms with E-state index in [2.05, 4.69) is 13.8 Å². The Bertz CT molecular complexity index is 2850. The molecular weight excluding hydrogens is 857 g/mol. The number of carbonyl (C=O) groups excluding carboxylic acids is 2. The molecule has 0 radical (unpaired) electrons. The van der Waals surface area contributed by atoms with Crippen molar-refractivity contribution < 1.29 is 47.5 Å². The molecule has 8 aromatic rings. The molecule has 10 nitrogen and oxygen atoms in total. The standard InChI is InChI=1S/C58H50O10/c1-57(31-61-32-57)35-63-37-65-47-25-19-41(20-26-47)39-11-15-45(16-12-39)55(59)67-51-29-23-43-7-3-5-9-49(43)53(51)54-50-10-6-4-8-44(50)24-30-52(54)68-56(60)46-17-13-40(14-18-46)42-21-27-48(28-22-42)66-38-64-36-58(2)33-62-34-58/h3-30H,31-38H2,1-2H3. The zero-order valence-corrected chi connectivity index (χ0v) is 37.9. The molecule has 2 heterocycles. The average molecular weight is 907 g/mol. The van der Waals surface area contributed by atoms with Gasteiger partial charge in [-0.05, 0) is 104 Å². The molecule has 0 N–H and O–H groups in total. The Morgan fingerprint density at radius 3 is 1.15 bits per heavy atom. The molecule has 10 rings (SSSR count). The predicted molar refractivity (Wildman–Crippen MR) is 261 cm³/mol. The number of fused-ring (bicyclic) bond motifs is 2. The largest absolute Gasteiger partial charge is 0.468 e. The number of carbonyl (C=O) groups is 2. The Hall–Kier alpha value is -7.34. The van der Waals surface area contributed by atoms with Gasteiger partial charge in [0.15, 0.2) is 13.6 Å². The number of ether oxygens (including phenoxy) is 8. The first-order chi connectivity index (χ1) is 33.2. The lowest BCUT2D eigenvalue weighted by molar-refractivity contribution is -0.151. The monoisotopic (exact) mass is 906 g/mol. The molecule has 0 aliphatic carbocycles. The van der Waals surface area contributed by atoms with Gasteiger partial charge in [0.05, 0.1) is 50.8 Å². The highest BCUT2D eigenvalue weighted by Gasteiger charge is 2.34. The van der Waals surface area contributed by atoms with Crippen LogP contribution in [0.25, 0.3) is 54.9 Å². The fraction of sp³-hybridized carbons (Fsp3) is 0.207. The van der Waals surface area contributed by atoms with E-state index < -0.39 is 11.9 Å². The molecule has 8 aromatic carbocycles. The second-order valence-electron chi connectivity index (χ2n) is 18.1. The van der Waals surface area contributed by atoms with Gasteiger partial charge in [-0.25, -0.2) is 9.59 Å². The zero-order valence-electron chi connectivity index (χ0n) is 37.9. The highest BCUT2D eigenvalue weighted by molar-refractivity contribution is 6.11. The van der Waals surface area contributed by atoms with Crippen molar-refractivity contribution in [1.29, 1.82) is 0 Å². The van der Waals surface area contributed by atoms with Crippen molar-refractivity contribution in [2.45, 2.75) is 13.8 Å². The van der Waals surface area contributed by atoms with Crippen LogP contribution in [0.3, 0.4) is 0 Å². The first-order valence-corrected chi connectivity index (χ1v) is 22.7. The normalized spacial score (nSPS) is 14.7. The second kappa shape index (κ2) is 19.5. The van der Waals surface area contributed by atoms with E-state index in [0.29, 0.717) is 84.9 Å².